The van der Waals surface area contributed by atoms with Crippen molar-refractivity contribution in [2.75, 3.05) is 6.54 Å². The van der Waals surface area contributed by atoms with Crippen LogP contribution in [0.2, 0.25) is 0 Å². The number of aryl methyl sites for hydroxylation is 2. The monoisotopic (exact) mass is 360 g/mol. The van der Waals surface area contributed by atoms with Crippen LogP contribution in [0.1, 0.15) is 27.7 Å². The molecular weight excluding hydrogens is 340 g/mol. The smallest absolute Gasteiger partial charge is 0.308 e. The highest BCUT2D eigenvalue weighted by molar-refractivity contribution is 5.89. The van der Waals surface area contributed by atoms with Gasteiger partial charge in [-0.2, -0.15) is 0 Å². The minimum absolute atomic E-state index is 0.0111. The van der Waals surface area contributed by atoms with E-state index in [1.165, 1.54) is 16.5 Å². The Bertz CT molecular complexity index is 1040. The molecule has 0 aliphatic heterocycles. The molecular formula is C21H20N4O2. The lowest BCUT2D eigenvalue weighted by molar-refractivity contribution is 0.0917. The van der Waals surface area contributed by atoms with Gasteiger partial charge >= 0.3 is 11.8 Å². The molecule has 0 saturated heterocycles. The highest BCUT2D eigenvalue weighted by atomic mass is 16.4. The van der Waals surface area contributed by atoms with E-state index in [0.717, 1.165) is 18.4 Å². The van der Waals surface area contributed by atoms with Crippen molar-refractivity contribution in [2.45, 2.75) is 19.3 Å². The van der Waals surface area contributed by atoms with Crippen molar-refractivity contribution in [1.82, 2.24) is 20.5 Å². The van der Waals surface area contributed by atoms with Gasteiger partial charge in [0.15, 0.2) is 0 Å². The van der Waals surface area contributed by atoms with Crippen molar-refractivity contribution in [1.29, 1.82) is 0 Å². The van der Waals surface area contributed by atoms with Gasteiger partial charge in [-0.15, -0.1) is 10.2 Å². The SMILES string of the molecule is O=C(NCCc1c[nH]c2ccccc12)c1nnc(CCc2ccccc2)o1. The van der Waals surface area contributed by atoms with Crippen LogP contribution in [0, 0.1) is 0 Å². The fraction of sp³-hybridized carbons (Fsp3) is 0.190. The summed E-state index contributed by atoms with van der Waals surface area (Å²) in [6.45, 7) is 0.502. The second kappa shape index (κ2) is 7.86. The molecule has 2 N–H and O–H groups in total. The van der Waals surface area contributed by atoms with E-state index >= 15 is 0 Å². The zero-order valence-corrected chi connectivity index (χ0v) is 14.8. The number of amides is 1. The Labute approximate surface area is 156 Å². The molecule has 4 rings (SSSR count). The van der Waals surface area contributed by atoms with Gasteiger partial charge in [0.2, 0.25) is 5.89 Å². The average Bonchev–Trinajstić information content (AvgIpc) is 3.35. The number of rotatable bonds is 7. The average molecular weight is 360 g/mol. The van der Waals surface area contributed by atoms with Gasteiger partial charge in [-0.3, -0.25) is 4.79 Å². The van der Waals surface area contributed by atoms with Crippen LogP contribution in [0.5, 0.6) is 0 Å². The third kappa shape index (κ3) is 4.06. The van der Waals surface area contributed by atoms with Gasteiger partial charge < -0.3 is 14.7 Å². The molecule has 0 bridgehead atoms. The summed E-state index contributed by atoms with van der Waals surface area (Å²) in [6.07, 6.45) is 4.11. The lowest BCUT2D eigenvalue weighted by atomic mass is 10.1. The molecule has 0 atom stereocenters. The summed E-state index contributed by atoms with van der Waals surface area (Å²) in [5, 5.41) is 11.8. The summed E-state index contributed by atoms with van der Waals surface area (Å²) < 4.78 is 5.48. The summed E-state index contributed by atoms with van der Waals surface area (Å²) >= 11 is 0. The summed E-state index contributed by atoms with van der Waals surface area (Å²) in [5.74, 6) is 0.144. The van der Waals surface area contributed by atoms with Crippen LogP contribution < -0.4 is 5.32 Å². The Morgan fingerprint density at radius 2 is 1.78 bits per heavy atom. The topological polar surface area (TPSA) is 83.8 Å². The number of H-pyrrole nitrogens is 1. The van der Waals surface area contributed by atoms with Crippen LogP contribution >= 0.6 is 0 Å². The summed E-state index contributed by atoms with van der Waals surface area (Å²) in [5.41, 5.74) is 3.46. The van der Waals surface area contributed by atoms with Crippen molar-refractivity contribution in [2.24, 2.45) is 0 Å². The number of nitrogens with one attached hydrogen (secondary N) is 2. The maximum Gasteiger partial charge on any atom is 0.308 e. The van der Waals surface area contributed by atoms with E-state index in [1.54, 1.807) is 0 Å². The number of para-hydroxylation sites is 1. The van der Waals surface area contributed by atoms with Crippen molar-refractivity contribution < 1.29 is 9.21 Å². The molecule has 0 aliphatic rings. The van der Waals surface area contributed by atoms with Crippen LogP contribution in [0.4, 0.5) is 0 Å². The van der Waals surface area contributed by atoms with E-state index in [2.05, 4.69) is 38.7 Å². The number of benzene rings is 2. The van der Waals surface area contributed by atoms with Gasteiger partial charge in [-0.25, -0.2) is 0 Å². The Kier molecular flexibility index (Phi) is 4.96. The molecule has 27 heavy (non-hydrogen) atoms. The molecule has 136 valence electrons. The summed E-state index contributed by atoms with van der Waals surface area (Å²) in [7, 11) is 0. The zero-order chi connectivity index (χ0) is 18.5. The fourth-order valence-electron chi connectivity index (χ4n) is 3.07. The molecule has 1 amide bonds. The van der Waals surface area contributed by atoms with E-state index in [1.807, 2.05) is 42.6 Å². The second-order valence-corrected chi connectivity index (χ2v) is 6.35. The molecule has 2 aromatic heterocycles. The number of hydrogen-bond acceptors (Lipinski definition) is 4. The van der Waals surface area contributed by atoms with Crippen molar-refractivity contribution in [3.8, 4) is 0 Å². The van der Waals surface area contributed by atoms with Crippen molar-refractivity contribution >= 4 is 16.8 Å². The number of carbonyl (C=O) groups excluding carboxylic acids is 1. The molecule has 4 aromatic rings. The van der Waals surface area contributed by atoms with Crippen LogP contribution in [-0.2, 0) is 19.3 Å². The Balaban J connectivity index is 1.29. The minimum Gasteiger partial charge on any atom is -0.417 e. The Morgan fingerprint density at radius 1 is 0.963 bits per heavy atom. The molecule has 0 aliphatic carbocycles. The summed E-state index contributed by atoms with van der Waals surface area (Å²) in [4.78, 5) is 15.4. The van der Waals surface area contributed by atoms with Gasteiger partial charge in [0.1, 0.15) is 0 Å². The number of aromatic nitrogens is 3. The van der Waals surface area contributed by atoms with Gasteiger partial charge in [-0.1, -0.05) is 48.5 Å². The molecule has 6 nitrogen and oxygen atoms in total. The van der Waals surface area contributed by atoms with Crippen LogP contribution in [0.25, 0.3) is 10.9 Å². The Hall–Kier alpha value is -3.41. The molecule has 6 heteroatoms. The first-order chi connectivity index (χ1) is 13.3. The number of fused-ring (bicyclic) bond motifs is 1. The molecule has 2 heterocycles. The molecule has 0 spiro atoms. The van der Waals surface area contributed by atoms with E-state index in [-0.39, 0.29) is 11.8 Å². The van der Waals surface area contributed by atoms with Gasteiger partial charge in [0, 0.05) is 30.1 Å². The van der Waals surface area contributed by atoms with E-state index < -0.39 is 0 Å². The number of carbonyl (C=O) groups is 1. The normalized spacial score (nSPS) is 11.0. The maximum atomic E-state index is 12.2. The molecule has 0 radical (unpaired) electrons. The fourth-order valence-corrected chi connectivity index (χ4v) is 3.07. The lowest BCUT2D eigenvalue weighted by Crippen LogP contribution is -2.25. The van der Waals surface area contributed by atoms with E-state index in [4.69, 9.17) is 4.42 Å². The van der Waals surface area contributed by atoms with Crippen LogP contribution in [0.15, 0.2) is 65.2 Å². The number of hydrogen-bond donors (Lipinski definition) is 2. The maximum absolute atomic E-state index is 12.2. The summed E-state index contributed by atoms with van der Waals surface area (Å²) in [6, 6.07) is 18.2. The quantitative estimate of drug-likeness (QED) is 0.530. The zero-order valence-electron chi connectivity index (χ0n) is 14.8. The first-order valence-electron chi connectivity index (χ1n) is 8.99. The van der Waals surface area contributed by atoms with Crippen LogP contribution in [-0.4, -0.2) is 27.6 Å². The van der Waals surface area contributed by atoms with Crippen LogP contribution in [0.3, 0.4) is 0 Å². The standard InChI is InChI=1S/C21H20N4O2/c26-20(22-13-12-16-14-23-18-9-5-4-8-17(16)18)21-25-24-19(27-21)11-10-15-6-2-1-3-7-15/h1-9,14,23H,10-13H2,(H,22,26). The van der Waals surface area contributed by atoms with E-state index in [9.17, 15) is 4.79 Å². The van der Waals surface area contributed by atoms with Gasteiger partial charge in [0.05, 0.1) is 0 Å². The molecule has 0 unspecified atom stereocenters. The van der Waals surface area contributed by atoms with Gasteiger partial charge in [0.25, 0.3) is 0 Å². The molecule has 2 aromatic carbocycles. The van der Waals surface area contributed by atoms with Crippen molar-refractivity contribution in [3.63, 3.8) is 0 Å². The lowest BCUT2D eigenvalue weighted by Gasteiger charge is -2.02. The highest BCUT2D eigenvalue weighted by Crippen LogP contribution is 2.17. The third-order valence-electron chi connectivity index (χ3n) is 4.49. The van der Waals surface area contributed by atoms with E-state index in [0.29, 0.717) is 18.9 Å². The predicted octanol–water partition coefficient (Wildman–Crippen LogP) is 3.31. The van der Waals surface area contributed by atoms with Crippen molar-refractivity contribution in [3.05, 3.63) is 83.7 Å². The third-order valence-corrected chi connectivity index (χ3v) is 4.49. The minimum atomic E-state index is -0.340. The first-order valence-corrected chi connectivity index (χ1v) is 8.99. The number of aromatic amines is 1. The second-order valence-electron chi connectivity index (χ2n) is 6.35. The molecule has 0 saturated carbocycles. The van der Waals surface area contributed by atoms with Gasteiger partial charge in [-0.05, 0) is 30.0 Å². The number of nitrogens with zero attached hydrogens (tertiary/aromatic N) is 2. The largest absolute Gasteiger partial charge is 0.417 e. The Morgan fingerprint density at radius 3 is 2.67 bits per heavy atom. The highest BCUT2D eigenvalue weighted by Gasteiger charge is 2.14. The molecule has 0 fully saturated rings. The predicted molar refractivity (Wildman–Crippen MR) is 102 cm³/mol. The first kappa shape index (κ1) is 17.0.